The molecule has 0 aliphatic carbocycles. The van der Waals surface area contributed by atoms with Gasteiger partial charge in [0, 0.05) is 11.6 Å². The van der Waals surface area contributed by atoms with E-state index in [0.717, 1.165) is 11.3 Å². The highest BCUT2D eigenvalue weighted by atomic mass is 16.5. The summed E-state index contributed by atoms with van der Waals surface area (Å²) < 4.78 is 5.52. The van der Waals surface area contributed by atoms with Gasteiger partial charge in [0.25, 0.3) is 5.91 Å². The van der Waals surface area contributed by atoms with E-state index in [9.17, 15) is 9.59 Å². The maximum absolute atomic E-state index is 12.3. The molecule has 0 saturated carbocycles. The number of rotatable bonds is 8. The lowest BCUT2D eigenvalue weighted by atomic mass is 10.1. The van der Waals surface area contributed by atoms with Crippen LogP contribution in [0.4, 0.5) is 11.4 Å². The fourth-order valence-electron chi connectivity index (χ4n) is 2.64. The zero-order valence-corrected chi connectivity index (χ0v) is 16.4. The molecule has 0 unspecified atom stereocenters. The standard InChI is InChI=1S/C24H23N3O3/c25-21-8-4-5-9-22(21)27-24(29)19-13-10-18(11-14-19)12-15-23(28)26-16-17-30-20-6-2-1-3-7-20/h1-15H,16-17,25H2,(H,26,28)(H,27,29). The topological polar surface area (TPSA) is 93.5 Å². The van der Waals surface area contributed by atoms with Crippen LogP contribution in [-0.4, -0.2) is 25.0 Å². The lowest BCUT2D eigenvalue weighted by Gasteiger charge is -2.08. The van der Waals surface area contributed by atoms with E-state index in [-0.39, 0.29) is 11.8 Å². The van der Waals surface area contributed by atoms with Crippen molar-refractivity contribution in [2.45, 2.75) is 0 Å². The number of anilines is 2. The smallest absolute Gasteiger partial charge is 0.255 e. The number of amides is 2. The van der Waals surface area contributed by atoms with Crippen molar-refractivity contribution in [2.24, 2.45) is 0 Å². The number of hydrogen-bond acceptors (Lipinski definition) is 4. The van der Waals surface area contributed by atoms with Crippen molar-refractivity contribution in [1.82, 2.24) is 5.32 Å². The monoisotopic (exact) mass is 401 g/mol. The van der Waals surface area contributed by atoms with E-state index >= 15 is 0 Å². The van der Waals surface area contributed by atoms with E-state index in [2.05, 4.69) is 10.6 Å². The molecule has 6 nitrogen and oxygen atoms in total. The molecule has 6 heteroatoms. The third-order valence-corrected chi connectivity index (χ3v) is 4.22. The molecule has 0 aromatic heterocycles. The van der Waals surface area contributed by atoms with E-state index in [1.165, 1.54) is 6.08 Å². The van der Waals surface area contributed by atoms with Gasteiger partial charge in [-0.1, -0.05) is 42.5 Å². The van der Waals surface area contributed by atoms with Crippen LogP contribution < -0.4 is 21.1 Å². The summed E-state index contributed by atoms with van der Waals surface area (Å²) in [6.45, 7) is 0.791. The Morgan fingerprint density at radius 3 is 2.33 bits per heavy atom. The molecule has 0 saturated heterocycles. The van der Waals surface area contributed by atoms with Crippen LogP contribution in [0.5, 0.6) is 5.75 Å². The molecule has 4 N–H and O–H groups in total. The number of para-hydroxylation sites is 3. The first-order valence-corrected chi connectivity index (χ1v) is 9.51. The van der Waals surface area contributed by atoms with Crippen LogP contribution in [0, 0.1) is 0 Å². The van der Waals surface area contributed by atoms with Crippen molar-refractivity contribution in [3.63, 3.8) is 0 Å². The van der Waals surface area contributed by atoms with E-state index in [1.54, 1.807) is 54.6 Å². The third kappa shape index (κ3) is 6.24. The lowest BCUT2D eigenvalue weighted by Crippen LogP contribution is -2.26. The molecule has 0 heterocycles. The Morgan fingerprint density at radius 1 is 0.900 bits per heavy atom. The highest BCUT2D eigenvalue weighted by Crippen LogP contribution is 2.18. The normalized spacial score (nSPS) is 10.5. The molecule has 2 amide bonds. The van der Waals surface area contributed by atoms with Crippen LogP contribution in [-0.2, 0) is 4.79 Å². The SMILES string of the molecule is Nc1ccccc1NC(=O)c1ccc(C=CC(=O)NCCOc2ccccc2)cc1. The summed E-state index contributed by atoms with van der Waals surface area (Å²) in [4.78, 5) is 24.2. The number of ether oxygens (including phenoxy) is 1. The number of carbonyl (C=O) groups is 2. The molecule has 0 atom stereocenters. The molecule has 30 heavy (non-hydrogen) atoms. The predicted octanol–water partition coefficient (Wildman–Crippen LogP) is 3.73. The molecule has 0 bridgehead atoms. The Bertz CT molecular complexity index is 1020. The van der Waals surface area contributed by atoms with Gasteiger partial charge in [0.05, 0.1) is 17.9 Å². The van der Waals surface area contributed by atoms with Crippen LogP contribution >= 0.6 is 0 Å². The first-order chi connectivity index (χ1) is 14.6. The van der Waals surface area contributed by atoms with Crippen molar-refractivity contribution in [3.8, 4) is 5.75 Å². The minimum absolute atomic E-state index is 0.215. The summed E-state index contributed by atoms with van der Waals surface area (Å²) in [5.74, 6) is 0.300. The van der Waals surface area contributed by atoms with Gasteiger partial charge in [-0.25, -0.2) is 0 Å². The van der Waals surface area contributed by atoms with Gasteiger partial charge >= 0.3 is 0 Å². The van der Waals surface area contributed by atoms with Gasteiger partial charge in [-0.05, 0) is 48.0 Å². The molecule has 152 valence electrons. The van der Waals surface area contributed by atoms with Gasteiger partial charge in [0.1, 0.15) is 12.4 Å². The minimum atomic E-state index is -0.250. The van der Waals surface area contributed by atoms with E-state index < -0.39 is 0 Å². The van der Waals surface area contributed by atoms with Crippen molar-refractivity contribution in [1.29, 1.82) is 0 Å². The fourth-order valence-corrected chi connectivity index (χ4v) is 2.64. The third-order valence-electron chi connectivity index (χ3n) is 4.22. The second-order valence-corrected chi connectivity index (χ2v) is 6.45. The van der Waals surface area contributed by atoms with Crippen molar-refractivity contribution >= 4 is 29.3 Å². The number of nitrogen functional groups attached to an aromatic ring is 1. The van der Waals surface area contributed by atoms with Crippen LogP contribution in [0.2, 0.25) is 0 Å². The maximum atomic E-state index is 12.3. The zero-order chi connectivity index (χ0) is 21.2. The largest absolute Gasteiger partial charge is 0.492 e. The second kappa shape index (κ2) is 10.5. The molecular formula is C24H23N3O3. The highest BCUT2D eigenvalue weighted by molar-refractivity contribution is 6.05. The van der Waals surface area contributed by atoms with Gasteiger partial charge in [-0.3, -0.25) is 9.59 Å². The highest BCUT2D eigenvalue weighted by Gasteiger charge is 2.07. The average Bonchev–Trinajstić information content (AvgIpc) is 2.78. The zero-order valence-electron chi connectivity index (χ0n) is 16.4. The fraction of sp³-hybridized carbons (Fsp3) is 0.0833. The Morgan fingerprint density at radius 2 is 1.60 bits per heavy atom. The van der Waals surface area contributed by atoms with Gasteiger partial charge in [-0.15, -0.1) is 0 Å². The summed E-state index contributed by atoms with van der Waals surface area (Å²) >= 11 is 0. The molecular weight excluding hydrogens is 378 g/mol. The lowest BCUT2D eigenvalue weighted by molar-refractivity contribution is -0.116. The number of nitrogens with one attached hydrogen (secondary N) is 2. The van der Waals surface area contributed by atoms with E-state index in [0.29, 0.717) is 30.1 Å². The van der Waals surface area contributed by atoms with E-state index in [4.69, 9.17) is 10.5 Å². The van der Waals surface area contributed by atoms with Gasteiger partial charge < -0.3 is 21.1 Å². The summed E-state index contributed by atoms with van der Waals surface area (Å²) in [6.07, 6.45) is 3.13. The summed E-state index contributed by atoms with van der Waals surface area (Å²) in [6, 6.07) is 23.4. The average molecular weight is 401 g/mol. The summed E-state index contributed by atoms with van der Waals surface area (Å²) in [7, 11) is 0. The van der Waals surface area contributed by atoms with Crippen LogP contribution in [0.15, 0.2) is 84.9 Å². The molecule has 3 aromatic carbocycles. The molecule has 0 spiro atoms. The maximum Gasteiger partial charge on any atom is 0.255 e. The van der Waals surface area contributed by atoms with Gasteiger partial charge in [-0.2, -0.15) is 0 Å². The molecule has 0 aliphatic heterocycles. The number of benzene rings is 3. The molecule has 0 aliphatic rings. The van der Waals surface area contributed by atoms with Gasteiger partial charge in [0.15, 0.2) is 0 Å². The molecule has 3 aromatic rings. The minimum Gasteiger partial charge on any atom is -0.492 e. The first-order valence-electron chi connectivity index (χ1n) is 9.51. The summed E-state index contributed by atoms with van der Waals surface area (Å²) in [5, 5.41) is 5.54. The molecule has 0 radical (unpaired) electrons. The second-order valence-electron chi connectivity index (χ2n) is 6.45. The van der Waals surface area contributed by atoms with Gasteiger partial charge in [0.2, 0.25) is 5.91 Å². The quantitative estimate of drug-likeness (QED) is 0.305. The van der Waals surface area contributed by atoms with Crippen LogP contribution in [0.1, 0.15) is 15.9 Å². The Labute approximate surface area is 175 Å². The van der Waals surface area contributed by atoms with Crippen LogP contribution in [0.3, 0.4) is 0 Å². The molecule has 3 rings (SSSR count). The predicted molar refractivity (Wildman–Crippen MR) is 119 cm³/mol. The number of nitrogens with two attached hydrogens (primary N) is 1. The van der Waals surface area contributed by atoms with Crippen molar-refractivity contribution in [3.05, 3.63) is 96.1 Å². The molecule has 0 fully saturated rings. The first kappa shape index (κ1) is 20.7. The Balaban J connectivity index is 1.45. The Hall–Kier alpha value is -4.06. The Kier molecular flexibility index (Phi) is 7.22. The van der Waals surface area contributed by atoms with E-state index in [1.807, 2.05) is 30.3 Å². The van der Waals surface area contributed by atoms with Crippen molar-refractivity contribution in [2.75, 3.05) is 24.2 Å². The van der Waals surface area contributed by atoms with Crippen LogP contribution in [0.25, 0.3) is 6.08 Å². The van der Waals surface area contributed by atoms with Crippen molar-refractivity contribution < 1.29 is 14.3 Å². The number of carbonyl (C=O) groups excluding carboxylic acids is 2. The number of hydrogen-bond donors (Lipinski definition) is 3. The summed E-state index contributed by atoms with van der Waals surface area (Å²) in [5.41, 5.74) is 8.22.